The van der Waals surface area contributed by atoms with Crippen LogP contribution in [0.15, 0.2) is 35.5 Å². The highest BCUT2D eigenvalue weighted by Gasteiger charge is 2.16. The lowest BCUT2D eigenvalue weighted by Crippen LogP contribution is -2.14. The van der Waals surface area contributed by atoms with Crippen molar-refractivity contribution in [1.82, 2.24) is 9.97 Å². The minimum Gasteiger partial charge on any atom is -0.382 e. The van der Waals surface area contributed by atoms with Crippen molar-refractivity contribution in [3.05, 3.63) is 40.6 Å². The predicted molar refractivity (Wildman–Crippen MR) is 73.7 cm³/mol. The Kier molecular flexibility index (Phi) is 3.79. The Morgan fingerprint density at radius 3 is 2.47 bits per heavy atom. The molecular formula is C10H8Cl2N4O2S. The van der Waals surface area contributed by atoms with Crippen molar-refractivity contribution in [2.45, 2.75) is 4.90 Å². The van der Waals surface area contributed by atoms with Crippen molar-refractivity contribution >= 4 is 44.9 Å². The van der Waals surface area contributed by atoms with E-state index in [0.717, 1.165) is 6.20 Å². The SMILES string of the molecule is Nc1ncc(S(=O)(=O)Nc2ccc(Cl)cn2)cc1Cl. The summed E-state index contributed by atoms with van der Waals surface area (Å²) in [4.78, 5) is 7.41. The van der Waals surface area contributed by atoms with Crippen LogP contribution < -0.4 is 10.5 Å². The van der Waals surface area contributed by atoms with E-state index >= 15 is 0 Å². The highest BCUT2D eigenvalue weighted by Crippen LogP contribution is 2.21. The molecule has 0 spiro atoms. The quantitative estimate of drug-likeness (QED) is 0.903. The Morgan fingerprint density at radius 1 is 1.16 bits per heavy atom. The van der Waals surface area contributed by atoms with Crippen molar-refractivity contribution in [3.8, 4) is 0 Å². The third-order valence-corrected chi connectivity index (χ3v) is 3.97. The fourth-order valence-corrected chi connectivity index (χ4v) is 2.53. The van der Waals surface area contributed by atoms with E-state index in [0.29, 0.717) is 5.02 Å². The molecule has 2 aromatic heterocycles. The Morgan fingerprint density at radius 2 is 1.89 bits per heavy atom. The monoisotopic (exact) mass is 318 g/mol. The minimum atomic E-state index is -3.82. The molecule has 19 heavy (non-hydrogen) atoms. The van der Waals surface area contributed by atoms with Crippen LogP contribution in [0, 0.1) is 0 Å². The molecule has 6 nitrogen and oxygen atoms in total. The van der Waals surface area contributed by atoms with Crippen molar-refractivity contribution in [1.29, 1.82) is 0 Å². The van der Waals surface area contributed by atoms with Gasteiger partial charge in [0, 0.05) is 12.4 Å². The van der Waals surface area contributed by atoms with Gasteiger partial charge in [0.1, 0.15) is 16.5 Å². The number of nitrogen functional groups attached to an aromatic ring is 1. The van der Waals surface area contributed by atoms with E-state index in [4.69, 9.17) is 28.9 Å². The smallest absolute Gasteiger partial charge is 0.264 e. The van der Waals surface area contributed by atoms with Gasteiger partial charge in [-0.2, -0.15) is 0 Å². The lowest BCUT2D eigenvalue weighted by atomic mass is 10.5. The zero-order valence-corrected chi connectivity index (χ0v) is 11.7. The van der Waals surface area contributed by atoms with E-state index in [1.54, 1.807) is 0 Å². The molecule has 0 unspecified atom stereocenters. The van der Waals surface area contributed by atoms with E-state index in [2.05, 4.69) is 14.7 Å². The van der Waals surface area contributed by atoms with Gasteiger partial charge in [-0.15, -0.1) is 0 Å². The van der Waals surface area contributed by atoms with Crippen LogP contribution in [0.5, 0.6) is 0 Å². The molecule has 0 atom stereocenters. The maximum Gasteiger partial charge on any atom is 0.264 e. The Bertz CT molecular complexity index is 704. The first kappa shape index (κ1) is 13.9. The largest absolute Gasteiger partial charge is 0.382 e. The van der Waals surface area contributed by atoms with Gasteiger partial charge in [-0.05, 0) is 18.2 Å². The molecule has 0 aliphatic rings. The van der Waals surface area contributed by atoms with Crippen molar-refractivity contribution < 1.29 is 8.42 Å². The summed E-state index contributed by atoms with van der Waals surface area (Å²) in [7, 11) is -3.82. The zero-order valence-electron chi connectivity index (χ0n) is 9.34. The summed E-state index contributed by atoms with van der Waals surface area (Å²) in [5.41, 5.74) is 5.42. The van der Waals surface area contributed by atoms with Crippen molar-refractivity contribution in [3.63, 3.8) is 0 Å². The third kappa shape index (κ3) is 3.25. The summed E-state index contributed by atoms with van der Waals surface area (Å²) in [6.45, 7) is 0. The van der Waals surface area contributed by atoms with Crippen molar-refractivity contribution in [2.24, 2.45) is 0 Å². The van der Waals surface area contributed by atoms with Crippen LogP contribution in [-0.2, 0) is 10.0 Å². The second-order valence-corrected chi connectivity index (χ2v) is 6.03. The predicted octanol–water partition coefficient (Wildman–Crippen LogP) is 2.17. The molecule has 0 fully saturated rings. The average molecular weight is 319 g/mol. The number of aromatic nitrogens is 2. The first-order chi connectivity index (χ1) is 8.88. The fourth-order valence-electron chi connectivity index (χ4n) is 1.21. The molecule has 0 saturated carbocycles. The molecule has 2 rings (SSSR count). The summed E-state index contributed by atoms with van der Waals surface area (Å²) >= 11 is 11.4. The van der Waals surface area contributed by atoms with Crippen LogP contribution in [-0.4, -0.2) is 18.4 Å². The lowest BCUT2D eigenvalue weighted by Gasteiger charge is -2.07. The number of sulfonamides is 1. The van der Waals surface area contributed by atoms with Gasteiger partial charge in [-0.1, -0.05) is 23.2 Å². The standard InChI is InChI=1S/C10H8Cl2N4O2S/c11-6-1-2-9(14-4-6)16-19(17,18)7-3-8(12)10(13)15-5-7/h1-5H,(H2,13,15)(H,14,16). The number of halogens is 2. The summed E-state index contributed by atoms with van der Waals surface area (Å²) in [6, 6.07) is 4.16. The van der Waals surface area contributed by atoms with E-state index < -0.39 is 10.0 Å². The van der Waals surface area contributed by atoms with Crippen LogP contribution in [0.1, 0.15) is 0 Å². The number of hydrogen-bond acceptors (Lipinski definition) is 5. The normalized spacial score (nSPS) is 11.3. The highest BCUT2D eigenvalue weighted by molar-refractivity contribution is 7.92. The van der Waals surface area contributed by atoms with Gasteiger partial charge in [-0.3, -0.25) is 4.72 Å². The second-order valence-electron chi connectivity index (χ2n) is 3.51. The fraction of sp³-hybridized carbons (Fsp3) is 0. The Labute approximate surface area is 119 Å². The molecule has 9 heteroatoms. The van der Waals surface area contributed by atoms with E-state index in [9.17, 15) is 8.42 Å². The molecule has 0 radical (unpaired) electrons. The van der Waals surface area contributed by atoms with Crippen LogP contribution in [0.25, 0.3) is 0 Å². The Hall–Kier alpha value is -1.57. The van der Waals surface area contributed by atoms with Gasteiger partial charge in [0.15, 0.2) is 0 Å². The number of nitrogens with two attached hydrogens (primary N) is 1. The van der Waals surface area contributed by atoms with Crippen LogP contribution in [0.4, 0.5) is 11.6 Å². The molecule has 3 N–H and O–H groups in total. The maximum absolute atomic E-state index is 12.0. The first-order valence-electron chi connectivity index (χ1n) is 4.94. The number of rotatable bonds is 3. The zero-order chi connectivity index (χ0) is 14.0. The molecule has 0 aromatic carbocycles. The topological polar surface area (TPSA) is 98.0 Å². The third-order valence-electron chi connectivity index (χ3n) is 2.12. The number of hydrogen-bond donors (Lipinski definition) is 2. The summed E-state index contributed by atoms with van der Waals surface area (Å²) in [5.74, 6) is 0.197. The minimum absolute atomic E-state index is 0.0604. The van der Waals surface area contributed by atoms with Gasteiger partial charge in [0.05, 0.1) is 10.0 Å². The van der Waals surface area contributed by atoms with E-state index in [1.165, 1.54) is 24.4 Å². The number of anilines is 2. The average Bonchev–Trinajstić information content (AvgIpc) is 2.35. The molecule has 2 aromatic rings. The molecule has 100 valence electrons. The van der Waals surface area contributed by atoms with E-state index in [-0.39, 0.29) is 21.6 Å². The number of nitrogens with one attached hydrogen (secondary N) is 1. The van der Waals surface area contributed by atoms with Gasteiger partial charge in [0.25, 0.3) is 10.0 Å². The summed E-state index contributed by atoms with van der Waals surface area (Å²) < 4.78 is 26.3. The lowest BCUT2D eigenvalue weighted by molar-refractivity contribution is 0.600. The molecule has 0 aliphatic carbocycles. The van der Waals surface area contributed by atoms with Crippen molar-refractivity contribution in [2.75, 3.05) is 10.5 Å². The van der Waals surface area contributed by atoms with Gasteiger partial charge < -0.3 is 5.73 Å². The van der Waals surface area contributed by atoms with Gasteiger partial charge >= 0.3 is 0 Å². The van der Waals surface area contributed by atoms with E-state index in [1.807, 2.05) is 0 Å². The highest BCUT2D eigenvalue weighted by atomic mass is 35.5. The molecule has 0 aliphatic heterocycles. The molecular weight excluding hydrogens is 311 g/mol. The number of pyridine rings is 2. The summed E-state index contributed by atoms with van der Waals surface area (Å²) in [5, 5.41) is 0.465. The van der Waals surface area contributed by atoms with Gasteiger partial charge in [-0.25, -0.2) is 18.4 Å². The second kappa shape index (κ2) is 5.20. The van der Waals surface area contributed by atoms with Crippen LogP contribution in [0.3, 0.4) is 0 Å². The van der Waals surface area contributed by atoms with Gasteiger partial charge in [0.2, 0.25) is 0 Å². The maximum atomic E-state index is 12.0. The van der Waals surface area contributed by atoms with Crippen LogP contribution >= 0.6 is 23.2 Å². The first-order valence-corrected chi connectivity index (χ1v) is 7.18. The van der Waals surface area contributed by atoms with Crippen LogP contribution in [0.2, 0.25) is 10.0 Å². The number of nitrogens with zero attached hydrogens (tertiary/aromatic N) is 2. The molecule has 0 bridgehead atoms. The molecule has 0 saturated heterocycles. The Balaban J connectivity index is 2.32. The molecule has 0 amide bonds. The molecule has 2 heterocycles. The summed E-state index contributed by atoms with van der Waals surface area (Å²) in [6.07, 6.45) is 2.44.